The minimum absolute atomic E-state index is 0.113. The Hall–Kier alpha value is -1.42. The molecule has 0 aromatic heterocycles. The highest BCUT2D eigenvalue weighted by atomic mass is 19.1. The predicted octanol–water partition coefficient (Wildman–Crippen LogP) is 1.66. The fourth-order valence-electron chi connectivity index (χ4n) is 2.63. The number of rotatable bonds is 2. The first-order chi connectivity index (χ1) is 8.57. The summed E-state index contributed by atoms with van der Waals surface area (Å²) in [5.41, 5.74) is 6.55. The monoisotopic (exact) mass is 250 g/mol. The van der Waals surface area contributed by atoms with Crippen LogP contribution in [0.15, 0.2) is 24.3 Å². The third kappa shape index (κ3) is 2.38. The molecule has 1 heterocycles. The van der Waals surface area contributed by atoms with Crippen LogP contribution in [0.1, 0.15) is 24.8 Å². The van der Waals surface area contributed by atoms with Gasteiger partial charge in [0.2, 0.25) is 5.91 Å². The summed E-state index contributed by atoms with van der Waals surface area (Å²) in [6.45, 7) is 1.18. The highest BCUT2D eigenvalue weighted by molar-refractivity contribution is 5.78. The van der Waals surface area contributed by atoms with Crippen LogP contribution in [0.5, 0.6) is 0 Å². The van der Waals surface area contributed by atoms with Gasteiger partial charge in [-0.3, -0.25) is 4.79 Å². The fourth-order valence-corrected chi connectivity index (χ4v) is 2.63. The molecule has 0 aliphatic carbocycles. The minimum Gasteiger partial charge on any atom is -0.346 e. The van der Waals surface area contributed by atoms with Gasteiger partial charge in [-0.15, -0.1) is 0 Å². The van der Waals surface area contributed by atoms with Crippen molar-refractivity contribution in [2.24, 2.45) is 5.73 Å². The Labute approximate surface area is 107 Å². The molecule has 1 saturated heterocycles. The van der Waals surface area contributed by atoms with Crippen LogP contribution in [-0.4, -0.2) is 30.9 Å². The quantitative estimate of drug-likeness (QED) is 0.867. The normalized spacial score (nSPS) is 25.1. The van der Waals surface area contributed by atoms with Crippen molar-refractivity contribution in [3.05, 3.63) is 35.6 Å². The summed E-state index contributed by atoms with van der Waals surface area (Å²) in [6, 6.07) is 6.37. The largest absolute Gasteiger partial charge is 0.346 e. The molecule has 2 rings (SSSR count). The topological polar surface area (TPSA) is 46.3 Å². The number of carbonyl (C=O) groups is 1. The van der Waals surface area contributed by atoms with E-state index in [9.17, 15) is 9.18 Å². The Morgan fingerprint density at radius 3 is 2.67 bits per heavy atom. The van der Waals surface area contributed by atoms with E-state index in [1.165, 1.54) is 12.1 Å². The Bertz CT molecular complexity index is 432. The molecule has 98 valence electrons. The van der Waals surface area contributed by atoms with Crippen LogP contribution in [0.25, 0.3) is 0 Å². The predicted molar refractivity (Wildman–Crippen MR) is 68.6 cm³/mol. The average Bonchev–Trinajstić information content (AvgIpc) is 2.51. The number of carbonyl (C=O) groups excluding carboxylic acids is 1. The molecule has 0 radical (unpaired) electrons. The number of amides is 1. The number of hydrogen-bond donors (Lipinski definition) is 1. The molecule has 18 heavy (non-hydrogen) atoms. The van der Waals surface area contributed by atoms with Crippen molar-refractivity contribution >= 4 is 5.91 Å². The third-order valence-electron chi connectivity index (χ3n) is 3.91. The Kier molecular flexibility index (Phi) is 3.66. The van der Waals surface area contributed by atoms with Gasteiger partial charge in [-0.05, 0) is 30.5 Å². The molecule has 1 atom stereocenters. The molecule has 3 nitrogen and oxygen atoms in total. The molecule has 1 unspecified atom stereocenters. The second-order valence-electron chi connectivity index (χ2n) is 5.09. The van der Waals surface area contributed by atoms with Crippen molar-refractivity contribution in [3.8, 4) is 0 Å². The summed E-state index contributed by atoms with van der Waals surface area (Å²) in [5.74, 6) is -0.148. The molecular weight excluding hydrogens is 231 g/mol. The maximum Gasteiger partial charge on any atom is 0.223 e. The van der Waals surface area contributed by atoms with Gasteiger partial charge in [0.15, 0.2) is 0 Å². The van der Waals surface area contributed by atoms with E-state index in [1.807, 2.05) is 7.05 Å². The van der Waals surface area contributed by atoms with E-state index in [4.69, 9.17) is 5.73 Å². The van der Waals surface area contributed by atoms with Gasteiger partial charge < -0.3 is 10.6 Å². The van der Waals surface area contributed by atoms with Crippen molar-refractivity contribution in [2.45, 2.75) is 24.7 Å². The molecule has 4 heteroatoms. The number of nitrogens with zero attached hydrogens (tertiary/aromatic N) is 1. The van der Waals surface area contributed by atoms with Crippen molar-refractivity contribution in [2.75, 3.05) is 20.1 Å². The van der Waals surface area contributed by atoms with Crippen LogP contribution in [0.4, 0.5) is 4.39 Å². The fraction of sp³-hybridized carbons (Fsp3) is 0.500. The summed E-state index contributed by atoms with van der Waals surface area (Å²) in [7, 11) is 1.82. The maximum atomic E-state index is 13.0. The van der Waals surface area contributed by atoms with Crippen molar-refractivity contribution < 1.29 is 9.18 Å². The van der Waals surface area contributed by atoms with E-state index in [-0.39, 0.29) is 17.1 Å². The molecule has 0 saturated carbocycles. The number of benzene rings is 1. The smallest absolute Gasteiger partial charge is 0.223 e. The number of nitrogens with two attached hydrogens (primary N) is 1. The van der Waals surface area contributed by atoms with Crippen LogP contribution in [0, 0.1) is 5.82 Å². The first kappa shape index (κ1) is 13.0. The zero-order chi connectivity index (χ0) is 13.2. The van der Waals surface area contributed by atoms with Gasteiger partial charge in [-0.25, -0.2) is 4.39 Å². The van der Waals surface area contributed by atoms with Crippen molar-refractivity contribution in [1.29, 1.82) is 0 Å². The van der Waals surface area contributed by atoms with Gasteiger partial charge in [0.25, 0.3) is 0 Å². The lowest BCUT2D eigenvalue weighted by molar-refractivity contribution is -0.130. The standard InChI is InChI=1S/C14H19FN2O/c1-17-8-2-7-14(10-16,9-13(17)18)11-3-5-12(15)6-4-11/h3-6H,2,7-10,16H2,1H3. The van der Waals surface area contributed by atoms with Gasteiger partial charge >= 0.3 is 0 Å². The zero-order valence-electron chi connectivity index (χ0n) is 10.7. The van der Waals surface area contributed by atoms with Crippen molar-refractivity contribution in [1.82, 2.24) is 4.90 Å². The SMILES string of the molecule is CN1CCCC(CN)(c2ccc(F)cc2)CC1=O. The van der Waals surface area contributed by atoms with Gasteiger partial charge in [0.1, 0.15) is 5.82 Å². The summed E-state index contributed by atoms with van der Waals surface area (Å²) in [6.07, 6.45) is 2.20. The molecule has 1 aromatic carbocycles. The molecule has 1 fully saturated rings. The average molecular weight is 250 g/mol. The number of halogens is 1. The first-order valence-electron chi connectivity index (χ1n) is 6.27. The number of likely N-dealkylation sites (tertiary alicyclic amines) is 1. The highest BCUT2D eigenvalue weighted by Crippen LogP contribution is 2.34. The van der Waals surface area contributed by atoms with E-state index in [1.54, 1.807) is 17.0 Å². The van der Waals surface area contributed by atoms with E-state index in [0.29, 0.717) is 13.0 Å². The number of hydrogen-bond acceptors (Lipinski definition) is 2. The van der Waals surface area contributed by atoms with E-state index < -0.39 is 0 Å². The molecule has 1 aliphatic heterocycles. The Morgan fingerprint density at radius 1 is 1.39 bits per heavy atom. The van der Waals surface area contributed by atoms with Crippen LogP contribution < -0.4 is 5.73 Å². The van der Waals surface area contributed by atoms with Crippen LogP contribution in [0.3, 0.4) is 0 Å². The lowest BCUT2D eigenvalue weighted by Crippen LogP contribution is -2.38. The van der Waals surface area contributed by atoms with Crippen molar-refractivity contribution in [3.63, 3.8) is 0 Å². The molecule has 1 amide bonds. The molecule has 0 bridgehead atoms. The zero-order valence-corrected chi connectivity index (χ0v) is 10.7. The molecule has 2 N–H and O–H groups in total. The summed E-state index contributed by atoms with van der Waals surface area (Å²) in [5, 5.41) is 0. The third-order valence-corrected chi connectivity index (χ3v) is 3.91. The second-order valence-corrected chi connectivity index (χ2v) is 5.09. The van der Waals surface area contributed by atoms with Gasteiger partial charge in [0, 0.05) is 32.0 Å². The van der Waals surface area contributed by atoms with Gasteiger partial charge in [-0.1, -0.05) is 12.1 Å². The summed E-state index contributed by atoms with van der Waals surface area (Å²) < 4.78 is 13.0. The molecule has 0 spiro atoms. The van der Waals surface area contributed by atoms with Crippen LogP contribution >= 0.6 is 0 Å². The van der Waals surface area contributed by atoms with Crippen LogP contribution in [0.2, 0.25) is 0 Å². The summed E-state index contributed by atoms with van der Waals surface area (Å²) in [4.78, 5) is 13.8. The molecular formula is C14H19FN2O. The lowest BCUT2D eigenvalue weighted by Gasteiger charge is -2.31. The van der Waals surface area contributed by atoms with E-state index in [0.717, 1.165) is 24.9 Å². The molecule has 1 aromatic rings. The van der Waals surface area contributed by atoms with E-state index in [2.05, 4.69) is 0 Å². The maximum absolute atomic E-state index is 13.0. The second kappa shape index (κ2) is 5.06. The Balaban J connectivity index is 2.34. The van der Waals surface area contributed by atoms with Gasteiger partial charge in [-0.2, -0.15) is 0 Å². The summed E-state index contributed by atoms with van der Waals surface area (Å²) >= 11 is 0. The Morgan fingerprint density at radius 2 is 2.06 bits per heavy atom. The minimum atomic E-state index is -0.338. The highest BCUT2D eigenvalue weighted by Gasteiger charge is 2.36. The van der Waals surface area contributed by atoms with E-state index >= 15 is 0 Å². The van der Waals surface area contributed by atoms with Crippen LogP contribution in [-0.2, 0) is 10.2 Å². The first-order valence-corrected chi connectivity index (χ1v) is 6.27. The van der Waals surface area contributed by atoms with Gasteiger partial charge in [0.05, 0.1) is 0 Å². The molecule has 1 aliphatic rings. The lowest BCUT2D eigenvalue weighted by atomic mass is 9.74.